The summed E-state index contributed by atoms with van der Waals surface area (Å²) < 4.78 is 13.5. The van der Waals surface area contributed by atoms with Crippen LogP contribution in [0.25, 0.3) is 16.5 Å². The van der Waals surface area contributed by atoms with Crippen LogP contribution in [0.15, 0.2) is 42.5 Å². The summed E-state index contributed by atoms with van der Waals surface area (Å²) in [5, 5.41) is 9.14. The Hall–Kier alpha value is -1.45. The Labute approximate surface area is 104 Å². The maximum Gasteiger partial charge on any atom is 0.131 e. The quantitative estimate of drug-likeness (QED) is 0.872. The Balaban J connectivity index is 2.27. The van der Waals surface area contributed by atoms with Gasteiger partial charge in [0.05, 0.1) is 6.10 Å². The Morgan fingerprint density at radius 2 is 2.00 bits per heavy atom. The first kappa shape index (κ1) is 12.0. The van der Waals surface area contributed by atoms with Crippen LogP contribution in [0.4, 0.5) is 4.39 Å². The molecule has 1 N–H and O–H groups in total. The van der Waals surface area contributed by atoms with E-state index in [2.05, 4.69) is 0 Å². The van der Waals surface area contributed by atoms with Gasteiger partial charge in [-0.05, 0) is 31.2 Å². The van der Waals surface area contributed by atoms with E-state index in [-0.39, 0.29) is 5.82 Å². The molecule has 0 aliphatic rings. The summed E-state index contributed by atoms with van der Waals surface area (Å²) in [6, 6.07) is 10.5. The summed E-state index contributed by atoms with van der Waals surface area (Å²) in [5.41, 5.74) is 0.620. The SMILES string of the molecule is CC(O)/C=C/c1ccc(-c2ccccc2F)s1. The van der Waals surface area contributed by atoms with Gasteiger partial charge in [-0.25, -0.2) is 4.39 Å². The molecule has 1 nitrogen and oxygen atoms in total. The molecule has 0 bridgehead atoms. The third-order valence-corrected chi connectivity index (χ3v) is 3.39. The number of halogens is 1. The molecule has 1 heterocycles. The van der Waals surface area contributed by atoms with Gasteiger partial charge in [0.25, 0.3) is 0 Å². The molecular weight excluding hydrogens is 235 g/mol. The maximum atomic E-state index is 13.5. The number of benzene rings is 1. The van der Waals surface area contributed by atoms with Crippen LogP contribution in [-0.4, -0.2) is 11.2 Å². The van der Waals surface area contributed by atoms with Gasteiger partial charge in [0.2, 0.25) is 0 Å². The third kappa shape index (κ3) is 3.02. The molecule has 2 rings (SSSR count). The summed E-state index contributed by atoms with van der Waals surface area (Å²) in [6.45, 7) is 1.70. The lowest BCUT2D eigenvalue weighted by Gasteiger charge is -1.97. The topological polar surface area (TPSA) is 20.2 Å². The van der Waals surface area contributed by atoms with Crippen molar-refractivity contribution in [1.82, 2.24) is 0 Å². The largest absolute Gasteiger partial charge is 0.389 e. The molecule has 0 spiro atoms. The van der Waals surface area contributed by atoms with E-state index in [0.29, 0.717) is 5.56 Å². The van der Waals surface area contributed by atoms with Crippen molar-refractivity contribution < 1.29 is 9.50 Å². The molecule has 0 fully saturated rings. The number of thiophene rings is 1. The van der Waals surface area contributed by atoms with E-state index in [1.165, 1.54) is 17.4 Å². The summed E-state index contributed by atoms with van der Waals surface area (Å²) in [5.74, 6) is -0.208. The first-order valence-electron chi connectivity index (χ1n) is 5.38. The zero-order valence-electron chi connectivity index (χ0n) is 9.43. The minimum atomic E-state index is -0.464. The minimum Gasteiger partial charge on any atom is -0.389 e. The molecule has 17 heavy (non-hydrogen) atoms. The van der Waals surface area contributed by atoms with Crippen molar-refractivity contribution in [3.05, 3.63) is 53.2 Å². The zero-order valence-corrected chi connectivity index (χ0v) is 10.2. The molecule has 0 amide bonds. The Kier molecular flexibility index (Phi) is 3.71. The summed E-state index contributed by atoms with van der Waals surface area (Å²) >= 11 is 1.50. The van der Waals surface area contributed by atoms with Crippen LogP contribution in [0.2, 0.25) is 0 Å². The first-order chi connectivity index (χ1) is 8.16. The number of hydrogen-bond donors (Lipinski definition) is 1. The maximum absolute atomic E-state index is 13.5. The average molecular weight is 248 g/mol. The van der Waals surface area contributed by atoms with Gasteiger partial charge < -0.3 is 5.11 Å². The van der Waals surface area contributed by atoms with Gasteiger partial charge in [0.15, 0.2) is 0 Å². The highest BCUT2D eigenvalue weighted by Crippen LogP contribution is 2.30. The molecule has 88 valence electrons. The van der Waals surface area contributed by atoms with E-state index in [4.69, 9.17) is 5.11 Å². The van der Waals surface area contributed by atoms with E-state index in [9.17, 15) is 4.39 Å². The second kappa shape index (κ2) is 5.25. The second-order valence-corrected chi connectivity index (χ2v) is 4.90. The minimum absolute atomic E-state index is 0.208. The monoisotopic (exact) mass is 248 g/mol. The molecule has 2 aromatic rings. The molecular formula is C14H13FOS. The van der Waals surface area contributed by atoms with Crippen molar-refractivity contribution in [3.8, 4) is 10.4 Å². The predicted molar refractivity (Wildman–Crippen MR) is 70.4 cm³/mol. The van der Waals surface area contributed by atoms with Crippen molar-refractivity contribution in [1.29, 1.82) is 0 Å². The molecule has 1 aromatic heterocycles. The lowest BCUT2D eigenvalue weighted by Crippen LogP contribution is -1.90. The Bertz CT molecular complexity index is 529. The lowest BCUT2D eigenvalue weighted by molar-refractivity contribution is 0.245. The number of aliphatic hydroxyl groups is 1. The number of rotatable bonds is 3. The van der Waals surface area contributed by atoms with E-state index < -0.39 is 6.10 Å². The van der Waals surface area contributed by atoms with E-state index >= 15 is 0 Å². The van der Waals surface area contributed by atoms with Crippen LogP contribution in [0.1, 0.15) is 11.8 Å². The van der Waals surface area contributed by atoms with Gasteiger partial charge >= 0.3 is 0 Å². The lowest BCUT2D eigenvalue weighted by atomic mass is 10.2. The predicted octanol–water partition coefficient (Wildman–Crippen LogP) is 3.95. The van der Waals surface area contributed by atoms with Crippen LogP contribution >= 0.6 is 11.3 Å². The Morgan fingerprint density at radius 1 is 1.24 bits per heavy atom. The highest BCUT2D eigenvalue weighted by molar-refractivity contribution is 7.16. The van der Waals surface area contributed by atoms with Gasteiger partial charge in [-0.2, -0.15) is 0 Å². The van der Waals surface area contributed by atoms with Crippen molar-refractivity contribution >= 4 is 17.4 Å². The highest BCUT2D eigenvalue weighted by atomic mass is 32.1. The Morgan fingerprint density at radius 3 is 2.71 bits per heavy atom. The number of hydrogen-bond acceptors (Lipinski definition) is 2. The molecule has 1 unspecified atom stereocenters. The molecule has 1 atom stereocenters. The van der Waals surface area contributed by atoms with Gasteiger partial charge in [-0.3, -0.25) is 0 Å². The molecule has 1 aromatic carbocycles. The van der Waals surface area contributed by atoms with E-state index in [1.807, 2.05) is 24.3 Å². The van der Waals surface area contributed by atoms with Crippen LogP contribution < -0.4 is 0 Å². The smallest absolute Gasteiger partial charge is 0.131 e. The fourth-order valence-corrected chi connectivity index (χ4v) is 2.43. The molecule has 0 aliphatic carbocycles. The number of aliphatic hydroxyl groups excluding tert-OH is 1. The highest BCUT2D eigenvalue weighted by Gasteiger charge is 2.05. The summed E-state index contributed by atoms with van der Waals surface area (Å²) in [4.78, 5) is 1.90. The van der Waals surface area contributed by atoms with Crippen LogP contribution in [0, 0.1) is 5.82 Å². The van der Waals surface area contributed by atoms with Crippen LogP contribution in [0.3, 0.4) is 0 Å². The standard InChI is InChI=1S/C14H13FOS/c1-10(16)6-7-11-8-9-14(17-11)12-4-2-3-5-13(12)15/h2-10,16H,1H3/b7-6+. The van der Waals surface area contributed by atoms with Crippen LogP contribution in [-0.2, 0) is 0 Å². The van der Waals surface area contributed by atoms with Gasteiger partial charge in [-0.1, -0.05) is 24.3 Å². The summed E-state index contributed by atoms with van der Waals surface area (Å²) in [6.07, 6.45) is 3.09. The normalized spacial score (nSPS) is 13.1. The fraction of sp³-hybridized carbons (Fsp3) is 0.143. The molecule has 3 heteroatoms. The van der Waals surface area contributed by atoms with E-state index in [0.717, 1.165) is 9.75 Å². The van der Waals surface area contributed by atoms with Crippen molar-refractivity contribution in [2.24, 2.45) is 0 Å². The van der Waals surface area contributed by atoms with E-state index in [1.54, 1.807) is 25.1 Å². The zero-order chi connectivity index (χ0) is 12.3. The molecule has 0 aliphatic heterocycles. The van der Waals surface area contributed by atoms with Crippen LogP contribution in [0.5, 0.6) is 0 Å². The van der Waals surface area contributed by atoms with Crippen molar-refractivity contribution in [2.75, 3.05) is 0 Å². The summed E-state index contributed by atoms with van der Waals surface area (Å²) in [7, 11) is 0. The first-order valence-corrected chi connectivity index (χ1v) is 6.19. The van der Waals surface area contributed by atoms with Gasteiger partial charge in [-0.15, -0.1) is 11.3 Å². The second-order valence-electron chi connectivity index (χ2n) is 3.78. The van der Waals surface area contributed by atoms with Gasteiger partial charge in [0.1, 0.15) is 5.82 Å². The third-order valence-electron chi connectivity index (χ3n) is 2.31. The fourth-order valence-electron chi connectivity index (χ4n) is 1.48. The van der Waals surface area contributed by atoms with Crippen molar-refractivity contribution in [3.63, 3.8) is 0 Å². The molecule has 0 radical (unpaired) electrons. The molecule has 0 saturated carbocycles. The average Bonchev–Trinajstić information content (AvgIpc) is 2.75. The molecule has 0 saturated heterocycles. The van der Waals surface area contributed by atoms with Crippen molar-refractivity contribution in [2.45, 2.75) is 13.0 Å². The van der Waals surface area contributed by atoms with Gasteiger partial charge in [0, 0.05) is 15.3 Å².